The van der Waals surface area contributed by atoms with Crippen molar-refractivity contribution in [2.24, 2.45) is 0 Å². The smallest absolute Gasteiger partial charge is 0.424 e. The molecule has 0 fully saturated rings. The zero-order chi connectivity index (χ0) is 15.6. The van der Waals surface area contributed by atoms with E-state index in [9.17, 15) is 30.7 Å². The van der Waals surface area contributed by atoms with Gasteiger partial charge in [-0.15, -0.1) is 0 Å². The molecule has 0 aliphatic heterocycles. The minimum Gasteiger partial charge on any atom is -0.496 e. The van der Waals surface area contributed by atoms with Crippen molar-refractivity contribution in [2.75, 3.05) is 7.11 Å². The Bertz CT molecular complexity index is 488. The predicted octanol–water partition coefficient (Wildman–Crippen LogP) is 5.09. The number of hydrogen-bond acceptors (Lipinski definition) is 2. The lowest BCUT2D eigenvalue weighted by Crippen LogP contribution is -2.27. The maximum Gasteiger partial charge on any atom is 0.424 e. The summed E-state index contributed by atoms with van der Waals surface area (Å²) >= 11 is -0.295. The van der Waals surface area contributed by atoms with Crippen molar-refractivity contribution in [3.05, 3.63) is 35.0 Å². The number of rotatable bonds is 3. The van der Waals surface area contributed by atoms with Gasteiger partial charge in [-0.25, -0.2) is 0 Å². The molecule has 0 aliphatic carbocycles. The van der Waals surface area contributed by atoms with Gasteiger partial charge >= 0.3 is 12.4 Å². The van der Waals surface area contributed by atoms with Gasteiger partial charge < -0.3 is 4.74 Å². The molecule has 0 aliphatic rings. The lowest BCUT2D eigenvalue weighted by atomic mass is 10.3. The zero-order valence-corrected chi connectivity index (χ0v) is 10.6. The molecule has 0 unspecified atom stereocenters. The Labute approximate surface area is 113 Å². The average molecular weight is 320 g/mol. The van der Waals surface area contributed by atoms with Gasteiger partial charge in [0.2, 0.25) is 0 Å². The van der Waals surface area contributed by atoms with E-state index < -0.39 is 23.1 Å². The van der Waals surface area contributed by atoms with Gasteiger partial charge in [0, 0.05) is 0 Å². The number of ether oxygens (including phenoxy) is 1. The maximum atomic E-state index is 13.4. The molecule has 112 valence electrons. The summed E-state index contributed by atoms with van der Waals surface area (Å²) in [5.74, 6) is -0.0312. The molecular weight excluding hydrogens is 313 g/mol. The summed E-state index contributed by atoms with van der Waals surface area (Å²) in [4.78, 5) is -0.196. The van der Waals surface area contributed by atoms with Crippen LogP contribution in [-0.4, -0.2) is 19.5 Å². The van der Waals surface area contributed by atoms with Crippen molar-refractivity contribution in [1.29, 1.82) is 0 Å². The third-order valence-corrected chi connectivity index (χ3v) is 2.97. The Morgan fingerprint density at radius 3 is 1.95 bits per heavy atom. The normalized spacial score (nSPS) is 12.2. The topological polar surface area (TPSA) is 9.23 Å². The molecule has 0 heterocycles. The Balaban J connectivity index is 3.25. The van der Waals surface area contributed by atoms with E-state index in [1.165, 1.54) is 18.2 Å². The number of alkyl halides is 6. The molecule has 20 heavy (non-hydrogen) atoms. The molecule has 1 nitrogen and oxygen atoms in total. The molecule has 0 bridgehead atoms. The highest BCUT2D eigenvalue weighted by molar-refractivity contribution is 8.03. The molecule has 0 aromatic heterocycles. The highest BCUT2D eigenvalue weighted by Crippen LogP contribution is 2.46. The van der Waals surface area contributed by atoms with Gasteiger partial charge in [-0.2, -0.15) is 30.7 Å². The molecule has 9 heteroatoms. The second kappa shape index (κ2) is 5.94. The lowest BCUT2D eigenvalue weighted by Gasteiger charge is -2.16. The van der Waals surface area contributed by atoms with Gasteiger partial charge in [-0.3, -0.25) is 0 Å². The Morgan fingerprint density at radius 1 is 1.00 bits per heavy atom. The van der Waals surface area contributed by atoms with Crippen LogP contribution in [0.4, 0.5) is 30.7 Å². The summed E-state index contributed by atoms with van der Waals surface area (Å²) in [6, 6.07) is 5.21. The SMILES string of the molecule is COc1ccccc1SC(F)=C(C(F)(F)F)C(F)(F)F. The minimum atomic E-state index is -5.84. The van der Waals surface area contributed by atoms with Crippen molar-refractivity contribution in [3.8, 4) is 5.75 Å². The molecule has 0 saturated carbocycles. The zero-order valence-electron chi connectivity index (χ0n) is 9.77. The molecule has 0 amide bonds. The third kappa shape index (κ3) is 4.06. The van der Waals surface area contributed by atoms with Crippen molar-refractivity contribution in [1.82, 2.24) is 0 Å². The third-order valence-electron chi connectivity index (χ3n) is 2.03. The molecular formula is C11H7F7OS. The lowest BCUT2D eigenvalue weighted by molar-refractivity contribution is -0.173. The van der Waals surface area contributed by atoms with Crippen LogP contribution in [0.3, 0.4) is 0 Å². The fraction of sp³-hybridized carbons (Fsp3) is 0.273. The van der Waals surface area contributed by atoms with Crippen molar-refractivity contribution in [2.45, 2.75) is 17.2 Å². The van der Waals surface area contributed by atoms with E-state index in [-0.39, 0.29) is 22.4 Å². The Kier molecular flexibility index (Phi) is 4.95. The van der Waals surface area contributed by atoms with E-state index >= 15 is 0 Å². The molecule has 0 atom stereocenters. The Hall–Kier alpha value is -1.38. The molecule has 0 N–H and O–H groups in total. The van der Waals surface area contributed by atoms with Crippen LogP contribution in [0, 0.1) is 0 Å². The standard InChI is InChI=1S/C11H7F7OS/c1-19-6-4-2-3-5-7(6)20-9(12)8(10(13,14)15)11(16,17)18/h2-5H,1H3. The molecule has 1 aromatic carbocycles. The molecule has 0 saturated heterocycles. The first-order valence-electron chi connectivity index (χ1n) is 4.92. The average Bonchev–Trinajstić information content (AvgIpc) is 2.25. The quantitative estimate of drug-likeness (QED) is 0.566. The van der Waals surface area contributed by atoms with Gasteiger partial charge in [0.05, 0.1) is 12.0 Å². The number of hydrogen-bond donors (Lipinski definition) is 0. The van der Waals surface area contributed by atoms with Crippen LogP contribution in [0.15, 0.2) is 39.9 Å². The fourth-order valence-corrected chi connectivity index (χ4v) is 2.16. The van der Waals surface area contributed by atoms with E-state index in [4.69, 9.17) is 4.74 Å². The molecule has 0 spiro atoms. The largest absolute Gasteiger partial charge is 0.496 e. The second-order valence-corrected chi connectivity index (χ2v) is 4.40. The summed E-state index contributed by atoms with van der Waals surface area (Å²) in [6.45, 7) is 0. The fourth-order valence-electron chi connectivity index (χ4n) is 1.23. The summed E-state index contributed by atoms with van der Waals surface area (Å²) in [6.07, 6.45) is -11.7. The van der Waals surface area contributed by atoms with Crippen molar-refractivity contribution in [3.63, 3.8) is 0 Å². The summed E-state index contributed by atoms with van der Waals surface area (Å²) < 4.78 is 91.9. The van der Waals surface area contributed by atoms with Gasteiger partial charge in [-0.05, 0) is 12.1 Å². The van der Waals surface area contributed by atoms with Crippen LogP contribution >= 0.6 is 11.8 Å². The molecule has 1 aromatic rings. The van der Waals surface area contributed by atoms with E-state index in [0.717, 1.165) is 13.2 Å². The first-order valence-corrected chi connectivity index (χ1v) is 5.74. The summed E-state index contributed by atoms with van der Waals surface area (Å²) in [5.41, 5.74) is -3.17. The van der Waals surface area contributed by atoms with Crippen LogP contribution in [0.25, 0.3) is 0 Å². The monoisotopic (exact) mass is 320 g/mol. The number of methoxy groups -OCH3 is 1. The molecule has 0 radical (unpaired) electrons. The van der Waals surface area contributed by atoms with E-state index in [1.54, 1.807) is 0 Å². The number of benzene rings is 1. The summed E-state index contributed by atoms with van der Waals surface area (Å²) in [7, 11) is 1.16. The van der Waals surface area contributed by atoms with E-state index in [0.29, 0.717) is 0 Å². The highest BCUT2D eigenvalue weighted by Gasteiger charge is 2.54. The van der Waals surface area contributed by atoms with Crippen LogP contribution in [-0.2, 0) is 0 Å². The van der Waals surface area contributed by atoms with Crippen LogP contribution in [0.1, 0.15) is 0 Å². The molecule has 1 rings (SSSR count). The highest BCUT2D eigenvalue weighted by atomic mass is 32.2. The first-order chi connectivity index (χ1) is 9.07. The van der Waals surface area contributed by atoms with Gasteiger partial charge in [0.25, 0.3) is 0 Å². The maximum absolute atomic E-state index is 13.4. The van der Waals surface area contributed by atoms with Gasteiger partial charge in [0.15, 0.2) is 10.7 Å². The number of para-hydroxylation sites is 1. The number of halogens is 7. The van der Waals surface area contributed by atoms with Crippen LogP contribution in [0.2, 0.25) is 0 Å². The Morgan fingerprint density at radius 2 is 1.50 bits per heavy atom. The second-order valence-electron chi connectivity index (χ2n) is 3.40. The van der Waals surface area contributed by atoms with E-state index in [1.807, 2.05) is 0 Å². The van der Waals surface area contributed by atoms with Crippen LogP contribution < -0.4 is 4.74 Å². The van der Waals surface area contributed by atoms with Crippen molar-refractivity contribution < 1.29 is 35.5 Å². The summed E-state index contributed by atoms with van der Waals surface area (Å²) in [5, 5.41) is -2.38. The van der Waals surface area contributed by atoms with Gasteiger partial charge in [0.1, 0.15) is 5.75 Å². The predicted molar refractivity (Wildman–Crippen MR) is 59.1 cm³/mol. The first kappa shape index (κ1) is 16.7. The minimum absolute atomic E-state index is 0.0312. The van der Waals surface area contributed by atoms with Gasteiger partial charge in [-0.1, -0.05) is 23.9 Å². The number of thioether (sulfide) groups is 1. The number of allylic oxidation sites excluding steroid dienone is 1. The van der Waals surface area contributed by atoms with Crippen molar-refractivity contribution >= 4 is 11.8 Å². The van der Waals surface area contributed by atoms with E-state index in [2.05, 4.69) is 0 Å². The van der Waals surface area contributed by atoms with Crippen LogP contribution in [0.5, 0.6) is 5.75 Å².